The number of anilines is 1. The molecule has 0 spiro atoms. The maximum absolute atomic E-state index is 13.3. The number of benzene rings is 3. The highest BCUT2D eigenvalue weighted by Gasteiger charge is 2.36. The Kier molecular flexibility index (Phi) is 7.67. The number of imide groups is 1. The fraction of sp³-hybridized carbons (Fsp3) is 0.115. The summed E-state index contributed by atoms with van der Waals surface area (Å²) in [4.78, 5) is 38.4. The molecule has 1 saturated heterocycles. The third kappa shape index (κ3) is 6.37. The van der Waals surface area contributed by atoms with E-state index in [-0.39, 0.29) is 10.6 Å². The van der Waals surface area contributed by atoms with Crippen molar-refractivity contribution >= 4 is 56.5 Å². The van der Waals surface area contributed by atoms with E-state index in [1.54, 1.807) is 24.3 Å². The Labute approximate surface area is 214 Å². The first kappa shape index (κ1) is 24.7. The zero-order chi connectivity index (χ0) is 24.9. The van der Waals surface area contributed by atoms with Gasteiger partial charge in [0, 0.05) is 5.69 Å². The number of carbonyl (C=O) groups is 3. The molecule has 1 heterocycles. The topological polar surface area (TPSA) is 75.7 Å². The molecule has 0 unspecified atom stereocenters. The summed E-state index contributed by atoms with van der Waals surface area (Å²) in [5.41, 5.74) is 3.14. The van der Waals surface area contributed by atoms with Crippen LogP contribution in [-0.2, 0) is 16.2 Å². The van der Waals surface area contributed by atoms with Gasteiger partial charge in [0.25, 0.3) is 11.1 Å². The molecule has 9 heteroatoms. The molecule has 0 bridgehead atoms. The van der Waals surface area contributed by atoms with E-state index in [2.05, 4.69) is 27.3 Å². The second-order valence-electron chi connectivity index (χ2n) is 7.79. The highest BCUT2D eigenvalue weighted by molar-refractivity contribution is 9.10. The van der Waals surface area contributed by atoms with Crippen LogP contribution < -0.4 is 10.1 Å². The Bertz CT molecular complexity index is 1340. The molecular weight excluding hydrogens is 535 g/mol. The summed E-state index contributed by atoms with van der Waals surface area (Å²) >= 11 is 4.25. The van der Waals surface area contributed by atoms with Crippen molar-refractivity contribution in [3.63, 3.8) is 0 Å². The van der Waals surface area contributed by atoms with E-state index in [9.17, 15) is 18.8 Å². The zero-order valence-corrected chi connectivity index (χ0v) is 21.0. The molecule has 0 radical (unpaired) electrons. The predicted octanol–water partition coefficient (Wildman–Crippen LogP) is 6.15. The van der Waals surface area contributed by atoms with Gasteiger partial charge in [0.1, 0.15) is 24.7 Å². The number of hydrogen-bond acceptors (Lipinski definition) is 5. The Balaban J connectivity index is 1.40. The van der Waals surface area contributed by atoms with Crippen LogP contribution >= 0.6 is 27.7 Å². The van der Waals surface area contributed by atoms with Gasteiger partial charge in [-0.3, -0.25) is 19.3 Å². The smallest absolute Gasteiger partial charge is 0.294 e. The van der Waals surface area contributed by atoms with E-state index < -0.39 is 29.4 Å². The molecule has 4 rings (SSSR count). The van der Waals surface area contributed by atoms with E-state index >= 15 is 0 Å². The SMILES string of the molecule is Cc1cccc(COc2ccc(/C=C3/SC(=O)N(CC(=O)Nc4cccc(F)c4)C3=O)cc2Br)c1. The van der Waals surface area contributed by atoms with Gasteiger partial charge >= 0.3 is 0 Å². The van der Waals surface area contributed by atoms with Crippen molar-refractivity contribution in [2.45, 2.75) is 13.5 Å². The number of aryl methyl sites for hydroxylation is 1. The van der Waals surface area contributed by atoms with Crippen LogP contribution in [0.4, 0.5) is 14.9 Å². The van der Waals surface area contributed by atoms with Gasteiger partial charge in [0.15, 0.2) is 0 Å². The molecule has 0 atom stereocenters. The highest BCUT2D eigenvalue weighted by atomic mass is 79.9. The number of halogens is 2. The number of hydrogen-bond donors (Lipinski definition) is 1. The normalized spacial score (nSPS) is 14.5. The van der Waals surface area contributed by atoms with Gasteiger partial charge in [-0.1, -0.05) is 42.0 Å². The minimum Gasteiger partial charge on any atom is -0.488 e. The molecule has 35 heavy (non-hydrogen) atoms. The van der Waals surface area contributed by atoms with Crippen LogP contribution in [0.5, 0.6) is 5.75 Å². The summed E-state index contributed by atoms with van der Waals surface area (Å²) in [6.07, 6.45) is 1.59. The molecule has 3 amide bonds. The third-order valence-corrected chi connectivity index (χ3v) is 6.54. The lowest BCUT2D eigenvalue weighted by Crippen LogP contribution is -2.36. The van der Waals surface area contributed by atoms with Gasteiger partial charge in [0.05, 0.1) is 9.38 Å². The number of thioether (sulfide) groups is 1. The molecule has 0 aliphatic carbocycles. The average Bonchev–Trinajstić information content (AvgIpc) is 3.06. The number of amides is 3. The summed E-state index contributed by atoms with van der Waals surface area (Å²) in [6, 6.07) is 18.7. The molecule has 0 aromatic heterocycles. The van der Waals surface area contributed by atoms with Gasteiger partial charge < -0.3 is 10.1 Å². The standard InChI is InChI=1S/C26H20BrFN2O4S/c1-16-4-2-5-18(10-16)15-34-22-9-8-17(11-21(22)27)12-23-25(32)30(26(33)35-23)14-24(31)29-20-7-3-6-19(28)13-20/h2-13H,14-15H2,1H3,(H,29,31)/b23-12+. The van der Waals surface area contributed by atoms with E-state index in [1.165, 1.54) is 18.2 Å². The van der Waals surface area contributed by atoms with Crippen molar-refractivity contribution in [1.82, 2.24) is 4.90 Å². The van der Waals surface area contributed by atoms with Crippen LogP contribution in [0.1, 0.15) is 16.7 Å². The minimum absolute atomic E-state index is 0.203. The predicted molar refractivity (Wildman–Crippen MR) is 137 cm³/mol. The fourth-order valence-corrected chi connectivity index (χ4v) is 4.73. The summed E-state index contributed by atoms with van der Waals surface area (Å²) in [5.74, 6) is -1.03. The molecule has 3 aromatic carbocycles. The Hall–Kier alpha value is -3.43. The van der Waals surface area contributed by atoms with Crippen LogP contribution in [0.3, 0.4) is 0 Å². The van der Waals surface area contributed by atoms with Crippen LogP contribution in [0.15, 0.2) is 76.1 Å². The molecule has 6 nitrogen and oxygen atoms in total. The van der Waals surface area contributed by atoms with Crippen molar-refractivity contribution in [3.05, 3.63) is 98.6 Å². The van der Waals surface area contributed by atoms with E-state index in [0.717, 1.165) is 33.9 Å². The molecule has 1 fully saturated rings. The molecule has 1 aliphatic heterocycles. The van der Waals surface area contributed by atoms with E-state index in [1.807, 2.05) is 25.1 Å². The van der Waals surface area contributed by atoms with Gasteiger partial charge in [-0.05, 0) is 82.2 Å². The number of rotatable bonds is 7. The lowest BCUT2D eigenvalue weighted by molar-refractivity contribution is -0.127. The van der Waals surface area contributed by atoms with Crippen LogP contribution in [-0.4, -0.2) is 28.5 Å². The minimum atomic E-state index is -0.600. The van der Waals surface area contributed by atoms with Gasteiger partial charge in [-0.25, -0.2) is 4.39 Å². The number of nitrogens with one attached hydrogen (secondary N) is 1. The van der Waals surface area contributed by atoms with Crippen LogP contribution in [0.2, 0.25) is 0 Å². The number of ether oxygens (including phenoxy) is 1. The fourth-order valence-electron chi connectivity index (χ4n) is 3.38. The van der Waals surface area contributed by atoms with E-state index in [0.29, 0.717) is 22.4 Å². The lowest BCUT2D eigenvalue weighted by atomic mass is 10.1. The first-order valence-electron chi connectivity index (χ1n) is 10.6. The molecule has 1 aliphatic rings. The molecule has 1 N–H and O–H groups in total. The number of nitrogens with zero attached hydrogens (tertiary/aromatic N) is 1. The highest BCUT2D eigenvalue weighted by Crippen LogP contribution is 2.34. The van der Waals surface area contributed by atoms with Crippen molar-refractivity contribution < 1.29 is 23.5 Å². The van der Waals surface area contributed by atoms with Crippen LogP contribution in [0, 0.1) is 12.7 Å². The summed E-state index contributed by atoms with van der Waals surface area (Å²) < 4.78 is 19.9. The van der Waals surface area contributed by atoms with Crippen LogP contribution in [0.25, 0.3) is 6.08 Å². The summed E-state index contributed by atoms with van der Waals surface area (Å²) in [6.45, 7) is 1.97. The van der Waals surface area contributed by atoms with Crippen molar-refractivity contribution in [2.24, 2.45) is 0 Å². The lowest BCUT2D eigenvalue weighted by Gasteiger charge is -2.12. The molecule has 178 valence electrons. The van der Waals surface area contributed by atoms with Gasteiger partial charge in [0.2, 0.25) is 5.91 Å². The van der Waals surface area contributed by atoms with Crippen molar-refractivity contribution in [3.8, 4) is 5.75 Å². The first-order chi connectivity index (χ1) is 16.8. The quantitative estimate of drug-likeness (QED) is 0.354. The van der Waals surface area contributed by atoms with Gasteiger partial charge in [-0.15, -0.1) is 0 Å². The maximum atomic E-state index is 13.3. The van der Waals surface area contributed by atoms with E-state index in [4.69, 9.17) is 4.74 Å². The van der Waals surface area contributed by atoms with Gasteiger partial charge in [-0.2, -0.15) is 0 Å². The summed E-state index contributed by atoms with van der Waals surface area (Å²) in [5, 5.41) is 1.93. The Morgan fingerprint density at radius 2 is 1.91 bits per heavy atom. The van der Waals surface area contributed by atoms with Crippen molar-refractivity contribution in [1.29, 1.82) is 0 Å². The first-order valence-corrected chi connectivity index (χ1v) is 12.2. The molecular formula is C26H20BrFN2O4S. The Morgan fingerprint density at radius 1 is 1.11 bits per heavy atom. The second-order valence-corrected chi connectivity index (χ2v) is 9.64. The molecule has 3 aromatic rings. The zero-order valence-electron chi connectivity index (χ0n) is 18.6. The third-order valence-electron chi connectivity index (χ3n) is 5.01. The second kappa shape index (κ2) is 10.9. The summed E-state index contributed by atoms with van der Waals surface area (Å²) in [7, 11) is 0. The maximum Gasteiger partial charge on any atom is 0.294 e. The largest absolute Gasteiger partial charge is 0.488 e. The van der Waals surface area contributed by atoms with Crippen molar-refractivity contribution in [2.75, 3.05) is 11.9 Å². The Morgan fingerprint density at radius 3 is 2.66 bits per heavy atom. The monoisotopic (exact) mass is 554 g/mol. The average molecular weight is 555 g/mol. The molecule has 0 saturated carbocycles. The number of carbonyl (C=O) groups excluding carboxylic acids is 3.